The molecular formula is C12H13BrFN3O. The molecule has 0 fully saturated rings. The molecule has 0 radical (unpaired) electrons. The molecule has 1 aromatic heterocycles. The van der Waals surface area contributed by atoms with Gasteiger partial charge >= 0.3 is 0 Å². The summed E-state index contributed by atoms with van der Waals surface area (Å²) in [7, 11) is 0. The van der Waals surface area contributed by atoms with E-state index in [1.807, 2.05) is 13.8 Å². The lowest BCUT2D eigenvalue weighted by atomic mass is 9.94. The van der Waals surface area contributed by atoms with Crippen LogP contribution in [-0.4, -0.2) is 16.7 Å². The molecule has 0 amide bonds. The smallest absolute Gasteiger partial charge is 0.233 e. The molecule has 18 heavy (non-hydrogen) atoms. The second-order valence-electron chi connectivity index (χ2n) is 4.67. The van der Waals surface area contributed by atoms with Gasteiger partial charge in [0.05, 0.1) is 5.41 Å². The molecule has 0 aliphatic rings. The van der Waals surface area contributed by atoms with Crippen LogP contribution < -0.4 is 5.73 Å². The first kappa shape index (κ1) is 13.2. The maximum Gasteiger partial charge on any atom is 0.233 e. The standard InChI is InChI=1S/C12H13BrFN3O/c1-12(2,6-15)11-16-10(17-18-11)7-3-8(13)5-9(14)4-7/h3-5H,6,15H2,1-2H3. The highest BCUT2D eigenvalue weighted by molar-refractivity contribution is 9.10. The largest absolute Gasteiger partial charge is 0.338 e. The fourth-order valence-corrected chi connectivity index (χ4v) is 1.85. The van der Waals surface area contributed by atoms with Gasteiger partial charge in [-0.2, -0.15) is 4.98 Å². The van der Waals surface area contributed by atoms with Crippen molar-refractivity contribution >= 4 is 15.9 Å². The summed E-state index contributed by atoms with van der Waals surface area (Å²) in [6.07, 6.45) is 0. The second-order valence-corrected chi connectivity index (χ2v) is 5.58. The Morgan fingerprint density at radius 3 is 2.72 bits per heavy atom. The number of hydrogen-bond donors (Lipinski definition) is 1. The molecular weight excluding hydrogens is 301 g/mol. The molecule has 1 heterocycles. The van der Waals surface area contributed by atoms with Crippen LogP contribution in [0, 0.1) is 5.82 Å². The van der Waals surface area contributed by atoms with E-state index in [2.05, 4.69) is 26.1 Å². The van der Waals surface area contributed by atoms with Crippen LogP contribution in [0.2, 0.25) is 0 Å². The van der Waals surface area contributed by atoms with Crippen molar-refractivity contribution in [2.24, 2.45) is 5.73 Å². The van der Waals surface area contributed by atoms with Crippen molar-refractivity contribution in [1.29, 1.82) is 0 Å². The Hall–Kier alpha value is -1.27. The lowest BCUT2D eigenvalue weighted by Gasteiger charge is -2.15. The first-order valence-corrected chi connectivity index (χ1v) is 6.22. The van der Waals surface area contributed by atoms with Crippen LogP contribution in [-0.2, 0) is 5.41 Å². The average molecular weight is 314 g/mol. The third-order valence-corrected chi connectivity index (χ3v) is 3.09. The maximum absolute atomic E-state index is 13.3. The van der Waals surface area contributed by atoms with Gasteiger partial charge in [0.25, 0.3) is 0 Å². The molecule has 0 aliphatic carbocycles. The van der Waals surface area contributed by atoms with Gasteiger partial charge in [-0.1, -0.05) is 21.1 Å². The van der Waals surface area contributed by atoms with Gasteiger partial charge in [0, 0.05) is 16.6 Å². The molecule has 96 valence electrons. The highest BCUT2D eigenvalue weighted by atomic mass is 79.9. The van der Waals surface area contributed by atoms with Crippen LogP contribution in [0.4, 0.5) is 4.39 Å². The summed E-state index contributed by atoms with van der Waals surface area (Å²) in [5.74, 6) is 0.441. The monoisotopic (exact) mass is 313 g/mol. The van der Waals surface area contributed by atoms with Gasteiger partial charge in [-0.15, -0.1) is 0 Å². The minimum atomic E-state index is -0.393. The van der Waals surface area contributed by atoms with Gasteiger partial charge in [0.15, 0.2) is 0 Å². The van der Waals surface area contributed by atoms with Crippen LogP contribution in [0.1, 0.15) is 19.7 Å². The summed E-state index contributed by atoms with van der Waals surface area (Å²) in [6, 6.07) is 4.45. The van der Waals surface area contributed by atoms with Crippen LogP contribution in [0.3, 0.4) is 0 Å². The zero-order valence-corrected chi connectivity index (χ0v) is 11.7. The molecule has 4 nitrogen and oxygen atoms in total. The molecule has 1 aromatic carbocycles. The van der Waals surface area contributed by atoms with Crippen molar-refractivity contribution in [1.82, 2.24) is 10.1 Å². The summed E-state index contributed by atoms with van der Waals surface area (Å²) in [4.78, 5) is 4.26. The Kier molecular flexibility index (Phi) is 3.49. The summed E-state index contributed by atoms with van der Waals surface area (Å²) in [6.45, 7) is 4.21. The van der Waals surface area contributed by atoms with E-state index in [9.17, 15) is 4.39 Å². The predicted octanol–water partition coefficient (Wildman–Crippen LogP) is 2.87. The minimum absolute atomic E-state index is 0.353. The summed E-state index contributed by atoms with van der Waals surface area (Å²) < 4.78 is 19.1. The Morgan fingerprint density at radius 2 is 2.11 bits per heavy atom. The van der Waals surface area contributed by atoms with Crippen LogP contribution in [0.15, 0.2) is 27.2 Å². The molecule has 0 unspecified atom stereocenters. The number of nitrogens with two attached hydrogens (primary N) is 1. The predicted molar refractivity (Wildman–Crippen MR) is 69.5 cm³/mol. The van der Waals surface area contributed by atoms with Gasteiger partial charge < -0.3 is 10.3 Å². The summed E-state index contributed by atoms with van der Waals surface area (Å²) in [5.41, 5.74) is 5.81. The fraction of sp³-hybridized carbons (Fsp3) is 0.333. The average Bonchev–Trinajstić information content (AvgIpc) is 2.77. The van der Waals surface area contributed by atoms with Gasteiger partial charge in [-0.25, -0.2) is 4.39 Å². The maximum atomic E-state index is 13.3. The van der Waals surface area contributed by atoms with E-state index < -0.39 is 5.41 Å². The second kappa shape index (κ2) is 4.78. The number of aromatic nitrogens is 2. The molecule has 6 heteroatoms. The van der Waals surface area contributed by atoms with Crippen molar-refractivity contribution in [3.8, 4) is 11.4 Å². The van der Waals surface area contributed by atoms with Crippen molar-refractivity contribution in [3.05, 3.63) is 34.4 Å². The van der Waals surface area contributed by atoms with Gasteiger partial charge in [-0.3, -0.25) is 0 Å². The number of hydrogen-bond acceptors (Lipinski definition) is 4. The lowest BCUT2D eigenvalue weighted by Crippen LogP contribution is -2.28. The molecule has 0 atom stereocenters. The summed E-state index contributed by atoms with van der Waals surface area (Å²) >= 11 is 3.22. The number of halogens is 2. The quantitative estimate of drug-likeness (QED) is 0.946. The summed E-state index contributed by atoms with van der Waals surface area (Å²) in [5, 5.41) is 3.85. The first-order chi connectivity index (χ1) is 8.42. The van der Waals surface area contributed by atoms with Crippen molar-refractivity contribution < 1.29 is 8.91 Å². The van der Waals surface area contributed by atoms with E-state index in [0.29, 0.717) is 28.3 Å². The van der Waals surface area contributed by atoms with E-state index in [-0.39, 0.29) is 5.82 Å². The Labute approximate surface area is 113 Å². The van der Waals surface area contributed by atoms with E-state index in [0.717, 1.165) is 0 Å². The molecule has 2 N–H and O–H groups in total. The molecule has 2 aromatic rings. The molecule has 0 saturated heterocycles. The minimum Gasteiger partial charge on any atom is -0.338 e. The zero-order valence-electron chi connectivity index (χ0n) is 10.1. The molecule has 0 aliphatic heterocycles. The Morgan fingerprint density at radius 1 is 1.39 bits per heavy atom. The molecule has 0 bridgehead atoms. The van der Waals surface area contributed by atoms with Crippen molar-refractivity contribution in [2.45, 2.75) is 19.3 Å². The Balaban J connectivity index is 2.41. The van der Waals surface area contributed by atoms with Gasteiger partial charge in [-0.05, 0) is 32.0 Å². The van der Waals surface area contributed by atoms with E-state index in [4.69, 9.17) is 10.3 Å². The topological polar surface area (TPSA) is 64.9 Å². The highest BCUT2D eigenvalue weighted by Gasteiger charge is 2.26. The highest BCUT2D eigenvalue weighted by Crippen LogP contribution is 2.26. The number of nitrogens with zero attached hydrogens (tertiary/aromatic N) is 2. The molecule has 0 saturated carbocycles. The number of rotatable bonds is 3. The number of benzene rings is 1. The molecule has 2 rings (SSSR count). The van der Waals surface area contributed by atoms with Crippen LogP contribution in [0.25, 0.3) is 11.4 Å². The SMILES string of the molecule is CC(C)(CN)c1nc(-c2cc(F)cc(Br)c2)no1. The third kappa shape index (κ3) is 2.59. The van der Waals surface area contributed by atoms with Crippen molar-refractivity contribution in [3.63, 3.8) is 0 Å². The fourth-order valence-electron chi connectivity index (χ4n) is 1.39. The zero-order chi connectivity index (χ0) is 13.3. The van der Waals surface area contributed by atoms with Gasteiger partial charge in [0.1, 0.15) is 5.82 Å². The van der Waals surface area contributed by atoms with E-state index in [1.54, 1.807) is 6.07 Å². The van der Waals surface area contributed by atoms with Gasteiger partial charge in [0.2, 0.25) is 11.7 Å². The molecule has 0 spiro atoms. The normalized spacial score (nSPS) is 11.8. The lowest BCUT2D eigenvalue weighted by molar-refractivity contribution is 0.311. The Bertz CT molecular complexity index is 548. The van der Waals surface area contributed by atoms with E-state index in [1.165, 1.54) is 12.1 Å². The van der Waals surface area contributed by atoms with E-state index >= 15 is 0 Å². The van der Waals surface area contributed by atoms with Crippen LogP contribution >= 0.6 is 15.9 Å². The van der Waals surface area contributed by atoms with Crippen LogP contribution in [0.5, 0.6) is 0 Å². The first-order valence-electron chi connectivity index (χ1n) is 5.43. The third-order valence-electron chi connectivity index (χ3n) is 2.64. The van der Waals surface area contributed by atoms with Crippen molar-refractivity contribution in [2.75, 3.05) is 6.54 Å².